The van der Waals surface area contributed by atoms with Crippen molar-refractivity contribution >= 4 is 35.2 Å². The second-order valence-corrected chi connectivity index (χ2v) is 24.5. The van der Waals surface area contributed by atoms with Gasteiger partial charge in [-0.25, -0.2) is 8.42 Å². The van der Waals surface area contributed by atoms with E-state index in [2.05, 4.69) is 45.8 Å². The molecule has 0 bridgehead atoms. The van der Waals surface area contributed by atoms with Crippen molar-refractivity contribution in [1.29, 1.82) is 0 Å². The molecule has 0 aliphatic carbocycles. The first kappa shape index (κ1) is 26.7. The van der Waals surface area contributed by atoms with Gasteiger partial charge in [0.05, 0.1) is 4.90 Å². The summed E-state index contributed by atoms with van der Waals surface area (Å²) in [7, 11) is -9.18. The molecule has 0 spiro atoms. The van der Waals surface area contributed by atoms with Gasteiger partial charge in [0.2, 0.25) is 10.0 Å². The predicted molar refractivity (Wildman–Crippen MR) is 130 cm³/mol. The molecule has 0 aromatic heterocycles. The van der Waals surface area contributed by atoms with E-state index in [0.717, 1.165) is 23.6 Å². The van der Waals surface area contributed by atoms with Crippen molar-refractivity contribution in [3.8, 4) is 0 Å². The number of sulfonamides is 1. The Morgan fingerprint density at radius 2 is 1.38 bits per heavy atom. The van der Waals surface area contributed by atoms with Crippen molar-refractivity contribution in [3.63, 3.8) is 0 Å². The van der Waals surface area contributed by atoms with Gasteiger partial charge in [0.25, 0.3) is 0 Å². The fourth-order valence-corrected chi connectivity index (χ4v) is 17.8. The molecule has 9 heteroatoms. The number of rotatable bonds is 11. The summed E-state index contributed by atoms with van der Waals surface area (Å²) in [5.41, 5.74) is 1.94. The van der Waals surface area contributed by atoms with Crippen molar-refractivity contribution in [1.82, 2.24) is 4.31 Å². The van der Waals surface area contributed by atoms with Gasteiger partial charge >= 0.3 is 8.56 Å². The normalized spacial score (nSPS) is 13.9. The van der Waals surface area contributed by atoms with Gasteiger partial charge in [0.1, 0.15) is 0 Å². The van der Waals surface area contributed by atoms with Gasteiger partial charge in [-0.2, -0.15) is 4.31 Å². The monoisotopic (exact) mass is 475 g/mol. The molecule has 168 valence electrons. The van der Waals surface area contributed by atoms with E-state index in [4.69, 9.17) is 8.23 Å². The number of aryl methyl sites for hydroxylation is 2. The van der Waals surface area contributed by atoms with E-state index < -0.39 is 35.2 Å². The summed E-state index contributed by atoms with van der Waals surface area (Å²) in [5.74, 6) is 0. The van der Waals surface area contributed by atoms with Crippen LogP contribution < -0.4 is 0 Å². The minimum absolute atomic E-state index is 0.404. The molecule has 0 heterocycles. The lowest BCUT2D eigenvalue weighted by molar-refractivity contribution is 0.383. The molecule has 0 amide bonds. The fourth-order valence-electron chi connectivity index (χ4n) is 3.65. The molecule has 0 unspecified atom stereocenters. The Labute approximate surface area is 182 Å². The number of benzene rings is 1. The van der Waals surface area contributed by atoms with Crippen LogP contribution in [0.2, 0.25) is 51.9 Å². The van der Waals surface area contributed by atoms with E-state index >= 15 is 0 Å². The quantitative estimate of drug-likeness (QED) is 0.405. The van der Waals surface area contributed by atoms with Gasteiger partial charge in [-0.05, 0) is 82.4 Å². The number of hydrogen-bond acceptors (Lipinski definition) is 4. The van der Waals surface area contributed by atoms with E-state index in [1.165, 1.54) is 4.31 Å². The van der Waals surface area contributed by atoms with Crippen LogP contribution in [0.1, 0.15) is 25.0 Å². The number of hydrogen-bond donors (Lipinski definition) is 0. The Balaban J connectivity index is 3.07. The van der Waals surface area contributed by atoms with Crippen molar-refractivity contribution in [2.75, 3.05) is 13.1 Å². The van der Waals surface area contributed by atoms with E-state index in [1.54, 1.807) is 6.07 Å². The molecule has 0 fully saturated rings. The standard InChI is InChI=1S/C20H41NO4SSi3/c1-11-21(12-2)26(22,23)20-14-13-19(17-18(20)3)15-16-29(10,24-27(4,5)6)25-28(7,8)9/h13-14,17H,11-12,15-16H2,1-10H3. The molecule has 0 saturated heterocycles. The zero-order chi connectivity index (χ0) is 22.7. The summed E-state index contributed by atoms with van der Waals surface area (Å²) < 4.78 is 40.4. The van der Waals surface area contributed by atoms with Crippen LogP contribution in [0, 0.1) is 6.92 Å². The highest BCUT2D eigenvalue weighted by Crippen LogP contribution is 2.27. The summed E-state index contributed by atoms with van der Waals surface area (Å²) in [6, 6.07) is 6.59. The summed E-state index contributed by atoms with van der Waals surface area (Å²) in [6.07, 6.45) is 0.837. The maximum Gasteiger partial charge on any atom is 0.314 e. The van der Waals surface area contributed by atoms with Crippen molar-refractivity contribution in [2.24, 2.45) is 0 Å². The Bertz CT molecular complexity index is 766. The van der Waals surface area contributed by atoms with Crippen LogP contribution in [-0.2, 0) is 24.7 Å². The van der Waals surface area contributed by atoms with E-state index in [1.807, 2.05) is 32.9 Å². The average Bonchev–Trinajstić information content (AvgIpc) is 2.50. The van der Waals surface area contributed by atoms with Crippen LogP contribution in [0.3, 0.4) is 0 Å². The van der Waals surface area contributed by atoms with Gasteiger partial charge in [0.15, 0.2) is 16.6 Å². The SMILES string of the molecule is CCN(CC)S(=O)(=O)c1ccc(CC[Si](C)(O[Si](C)(C)C)O[Si](C)(C)C)cc1C. The second-order valence-electron chi connectivity index (χ2n) is 9.75. The Hall–Kier alpha value is -0.299. The van der Waals surface area contributed by atoms with E-state index in [-0.39, 0.29) is 0 Å². The topological polar surface area (TPSA) is 55.8 Å². The lowest BCUT2D eigenvalue weighted by Gasteiger charge is -2.38. The van der Waals surface area contributed by atoms with Crippen LogP contribution in [-0.4, -0.2) is 51.0 Å². The smallest absolute Gasteiger partial charge is 0.314 e. The highest BCUT2D eigenvalue weighted by Gasteiger charge is 2.39. The molecule has 29 heavy (non-hydrogen) atoms. The van der Waals surface area contributed by atoms with E-state index in [9.17, 15) is 8.42 Å². The summed E-state index contributed by atoms with van der Waals surface area (Å²) >= 11 is 0. The van der Waals surface area contributed by atoms with Gasteiger partial charge in [0, 0.05) is 13.1 Å². The van der Waals surface area contributed by atoms with Crippen molar-refractivity contribution < 1.29 is 16.6 Å². The van der Waals surface area contributed by atoms with Gasteiger partial charge in [-0.15, -0.1) is 0 Å². The molecular weight excluding hydrogens is 435 g/mol. The van der Waals surface area contributed by atoms with Crippen molar-refractivity contribution in [2.45, 2.75) is 84.0 Å². The van der Waals surface area contributed by atoms with Crippen LogP contribution in [0.25, 0.3) is 0 Å². The second kappa shape index (κ2) is 9.88. The third-order valence-electron chi connectivity index (χ3n) is 4.47. The molecule has 0 atom stereocenters. The molecule has 0 aliphatic rings. The lowest BCUT2D eigenvalue weighted by Crippen LogP contribution is -2.52. The largest absolute Gasteiger partial charge is 0.437 e. The first-order valence-corrected chi connectivity index (χ1v) is 21.3. The van der Waals surface area contributed by atoms with Crippen LogP contribution >= 0.6 is 0 Å². The summed E-state index contributed by atoms with van der Waals surface area (Å²) in [6.45, 7) is 22.0. The summed E-state index contributed by atoms with van der Waals surface area (Å²) in [5, 5.41) is 0. The zero-order valence-corrected chi connectivity index (χ0v) is 23.9. The van der Waals surface area contributed by atoms with Crippen molar-refractivity contribution in [3.05, 3.63) is 29.3 Å². The molecule has 1 rings (SSSR count). The number of nitrogens with zero attached hydrogens (tertiary/aromatic N) is 1. The molecule has 0 saturated carbocycles. The Morgan fingerprint density at radius 3 is 1.76 bits per heavy atom. The predicted octanol–water partition coefficient (Wildman–Crippen LogP) is 5.34. The van der Waals surface area contributed by atoms with Gasteiger partial charge in [-0.1, -0.05) is 26.0 Å². The zero-order valence-electron chi connectivity index (χ0n) is 20.0. The molecular formula is C20H41NO4SSi3. The minimum Gasteiger partial charge on any atom is -0.437 e. The maximum absolute atomic E-state index is 12.9. The first-order valence-electron chi connectivity index (χ1n) is 10.5. The fraction of sp³-hybridized carbons (Fsp3) is 0.700. The molecule has 0 N–H and O–H groups in total. The third kappa shape index (κ3) is 8.39. The van der Waals surface area contributed by atoms with Gasteiger partial charge < -0.3 is 8.23 Å². The van der Waals surface area contributed by atoms with E-state index in [0.29, 0.717) is 18.0 Å². The maximum atomic E-state index is 12.9. The Kier molecular flexibility index (Phi) is 9.11. The van der Waals surface area contributed by atoms with Crippen LogP contribution in [0.15, 0.2) is 23.1 Å². The molecule has 5 nitrogen and oxygen atoms in total. The summed E-state index contributed by atoms with van der Waals surface area (Å²) in [4.78, 5) is 0.404. The van der Waals surface area contributed by atoms with Gasteiger partial charge in [-0.3, -0.25) is 0 Å². The third-order valence-corrected chi connectivity index (χ3v) is 16.2. The average molecular weight is 476 g/mol. The molecule has 0 aliphatic heterocycles. The Morgan fingerprint density at radius 1 is 0.897 bits per heavy atom. The highest BCUT2D eigenvalue weighted by atomic mass is 32.2. The molecule has 0 radical (unpaired) electrons. The highest BCUT2D eigenvalue weighted by molar-refractivity contribution is 7.89. The molecule has 1 aromatic carbocycles. The lowest BCUT2D eigenvalue weighted by atomic mass is 10.1. The van der Waals surface area contributed by atoms with Crippen LogP contribution in [0.5, 0.6) is 0 Å². The minimum atomic E-state index is -3.44. The molecule has 1 aromatic rings. The van der Waals surface area contributed by atoms with Crippen LogP contribution in [0.4, 0.5) is 0 Å². The first-order chi connectivity index (χ1) is 13.0.